The number of aliphatic imine (C=N–C) groups is 3. The second-order valence-corrected chi connectivity index (χ2v) is 14.3. The van der Waals surface area contributed by atoms with Crippen LogP contribution >= 0.6 is 11.3 Å². The van der Waals surface area contributed by atoms with Gasteiger partial charge in [-0.25, -0.2) is 9.98 Å². The first kappa shape index (κ1) is 31.1. The number of fused-ring (bicyclic) bond motifs is 8. The Morgan fingerprint density at radius 3 is 2.06 bits per heavy atom. The van der Waals surface area contributed by atoms with Gasteiger partial charge in [0.15, 0.2) is 11.7 Å². The molecule has 0 unspecified atom stereocenters. The number of nitrogens with zero attached hydrogens (tertiary/aromatic N) is 3. The van der Waals surface area contributed by atoms with E-state index in [1.807, 2.05) is 18.2 Å². The number of amidine groups is 2. The molecule has 8 aromatic carbocycles. The second kappa shape index (κ2) is 12.8. The van der Waals surface area contributed by atoms with Crippen LogP contribution in [-0.2, 0) is 6.54 Å². The molecule has 0 aliphatic rings. The van der Waals surface area contributed by atoms with E-state index in [4.69, 9.17) is 14.4 Å². The number of hydrogen-bond acceptors (Lipinski definition) is 3. The van der Waals surface area contributed by atoms with E-state index >= 15 is 0 Å². The normalized spacial score (nSPS) is 12.5. The maximum atomic E-state index is 6.66. The van der Waals surface area contributed by atoms with E-state index < -0.39 is 0 Å². The SMILES string of the molecule is C=N/C(=N\C(=N/Cc1ccc2ccccc2c1)c1cccc2sc3ccccc3c12)c1ccc(-c2ccc3ccccc3c2)c2oc3ccccc3c12. The Balaban J connectivity index is 1.19. The zero-order valence-electron chi connectivity index (χ0n) is 28.7. The summed E-state index contributed by atoms with van der Waals surface area (Å²) in [6.07, 6.45) is 0. The summed E-state index contributed by atoms with van der Waals surface area (Å²) >= 11 is 1.78. The largest absolute Gasteiger partial charge is 0.455 e. The van der Waals surface area contributed by atoms with Gasteiger partial charge in [-0.15, -0.1) is 11.3 Å². The van der Waals surface area contributed by atoms with E-state index in [1.54, 1.807) is 11.3 Å². The molecule has 5 heteroatoms. The average Bonchev–Trinajstić information content (AvgIpc) is 3.80. The van der Waals surface area contributed by atoms with Crippen LogP contribution in [0.15, 0.2) is 183 Å². The third-order valence-corrected chi connectivity index (χ3v) is 11.2. The van der Waals surface area contributed by atoms with Gasteiger partial charge in [0.1, 0.15) is 11.2 Å². The molecule has 0 aliphatic heterocycles. The summed E-state index contributed by atoms with van der Waals surface area (Å²) in [6.45, 7) is 4.52. The minimum atomic E-state index is 0.456. The maximum Gasteiger partial charge on any atom is 0.161 e. The third-order valence-electron chi connectivity index (χ3n) is 10.1. The zero-order valence-corrected chi connectivity index (χ0v) is 29.5. The van der Waals surface area contributed by atoms with Crippen molar-refractivity contribution in [2.75, 3.05) is 0 Å². The van der Waals surface area contributed by atoms with Crippen LogP contribution in [0.3, 0.4) is 0 Å². The Bertz CT molecular complexity index is 3130. The van der Waals surface area contributed by atoms with Gasteiger partial charge < -0.3 is 4.42 Å². The van der Waals surface area contributed by atoms with Gasteiger partial charge in [-0.2, -0.15) is 0 Å². The number of hydrogen-bond donors (Lipinski definition) is 0. The lowest BCUT2D eigenvalue weighted by molar-refractivity contribution is 0.670. The fourth-order valence-electron chi connectivity index (χ4n) is 7.52. The molecular formula is C48H31N3OS. The van der Waals surface area contributed by atoms with Crippen LogP contribution in [0.1, 0.15) is 16.7 Å². The molecule has 0 atom stereocenters. The molecule has 0 saturated carbocycles. The summed E-state index contributed by atoms with van der Waals surface area (Å²) in [4.78, 5) is 15.2. The van der Waals surface area contributed by atoms with Gasteiger partial charge in [-0.3, -0.25) is 4.99 Å². The fourth-order valence-corrected chi connectivity index (χ4v) is 8.66. The van der Waals surface area contributed by atoms with E-state index in [9.17, 15) is 0 Å². The number of benzene rings is 8. The predicted octanol–water partition coefficient (Wildman–Crippen LogP) is 13.0. The highest BCUT2D eigenvalue weighted by Gasteiger charge is 2.21. The molecule has 0 amide bonds. The van der Waals surface area contributed by atoms with Crippen LogP contribution in [-0.4, -0.2) is 18.4 Å². The monoisotopic (exact) mass is 697 g/mol. The van der Waals surface area contributed by atoms with Crippen LogP contribution < -0.4 is 0 Å². The van der Waals surface area contributed by atoms with Crippen molar-refractivity contribution in [2.45, 2.75) is 6.54 Å². The van der Waals surface area contributed by atoms with Gasteiger partial charge in [-0.1, -0.05) is 121 Å². The molecule has 0 saturated heterocycles. The van der Waals surface area contributed by atoms with Crippen molar-refractivity contribution in [2.24, 2.45) is 15.0 Å². The van der Waals surface area contributed by atoms with Crippen molar-refractivity contribution in [3.8, 4) is 11.1 Å². The third kappa shape index (κ3) is 5.41. The summed E-state index contributed by atoms with van der Waals surface area (Å²) in [7, 11) is 0. The van der Waals surface area contributed by atoms with Gasteiger partial charge >= 0.3 is 0 Å². The molecule has 0 radical (unpaired) electrons. The molecule has 0 bridgehead atoms. The zero-order chi connectivity index (χ0) is 35.3. The minimum Gasteiger partial charge on any atom is -0.455 e. The highest BCUT2D eigenvalue weighted by Crippen LogP contribution is 2.40. The lowest BCUT2D eigenvalue weighted by atomic mass is 9.96. The van der Waals surface area contributed by atoms with E-state index in [-0.39, 0.29) is 0 Å². The van der Waals surface area contributed by atoms with Crippen LogP contribution in [0.2, 0.25) is 0 Å². The van der Waals surface area contributed by atoms with Crippen molar-refractivity contribution in [1.82, 2.24) is 0 Å². The Hall–Kier alpha value is -6.69. The highest BCUT2D eigenvalue weighted by molar-refractivity contribution is 7.25. The number of para-hydroxylation sites is 1. The van der Waals surface area contributed by atoms with Crippen molar-refractivity contribution in [3.63, 3.8) is 0 Å². The lowest BCUT2D eigenvalue weighted by Gasteiger charge is -2.11. The summed E-state index contributed by atoms with van der Waals surface area (Å²) in [6, 6.07) is 57.2. The van der Waals surface area contributed by atoms with Gasteiger partial charge in [-0.05, 0) is 81.9 Å². The van der Waals surface area contributed by atoms with Crippen molar-refractivity contribution in [3.05, 3.63) is 180 Å². The predicted molar refractivity (Wildman–Crippen MR) is 226 cm³/mol. The molecule has 2 aromatic heterocycles. The first-order chi connectivity index (χ1) is 26.2. The topological polar surface area (TPSA) is 50.2 Å². The number of furan rings is 1. The molecule has 10 rings (SSSR count). The molecule has 0 N–H and O–H groups in total. The Morgan fingerprint density at radius 2 is 1.23 bits per heavy atom. The van der Waals surface area contributed by atoms with Crippen LogP contribution in [0.5, 0.6) is 0 Å². The smallest absolute Gasteiger partial charge is 0.161 e. The van der Waals surface area contributed by atoms with Gasteiger partial charge in [0, 0.05) is 47.6 Å². The molecule has 0 aliphatic carbocycles. The Morgan fingerprint density at radius 1 is 0.547 bits per heavy atom. The van der Waals surface area contributed by atoms with Crippen molar-refractivity contribution in [1.29, 1.82) is 0 Å². The Labute approximate surface area is 309 Å². The highest BCUT2D eigenvalue weighted by atomic mass is 32.1. The molecule has 0 fully saturated rings. The van der Waals surface area contributed by atoms with E-state index in [0.717, 1.165) is 55.1 Å². The minimum absolute atomic E-state index is 0.456. The second-order valence-electron chi connectivity index (χ2n) is 13.2. The summed E-state index contributed by atoms with van der Waals surface area (Å²) in [5.41, 5.74) is 6.59. The van der Waals surface area contributed by atoms with E-state index in [1.165, 1.54) is 36.3 Å². The standard InChI is InChI=1S/C48H31N3OS/c1-49-47(40-26-25-36(35-24-23-32-12-3-5-14-34(32)28-35)46-45(40)37-15-6-8-18-41(37)52-46)51-48(50-29-30-21-22-31-11-2-4-13-33(31)27-30)39-17-10-20-43-44(39)38-16-7-9-19-42(38)53-43/h2-28H,1,29H2/b50-48-,51-47-. The van der Waals surface area contributed by atoms with Crippen LogP contribution in [0, 0.1) is 0 Å². The Kier molecular flexibility index (Phi) is 7.52. The molecule has 10 aromatic rings. The number of thiophene rings is 1. The van der Waals surface area contributed by atoms with Crippen LogP contribution in [0.4, 0.5) is 0 Å². The van der Waals surface area contributed by atoms with Gasteiger partial charge in [0.2, 0.25) is 0 Å². The van der Waals surface area contributed by atoms with Crippen molar-refractivity contribution >= 4 is 93.4 Å². The number of rotatable bonds is 5. The summed E-state index contributed by atoms with van der Waals surface area (Å²) in [5.74, 6) is 1.09. The van der Waals surface area contributed by atoms with Gasteiger partial charge in [0.05, 0.1) is 6.54 Å². The molecule has 4 nitrogen and oxygen atoms in total. The molecule has 0 spiro atoms. The summed E-state index contributed by atoms with van der Waals surface area (Å²) in [5, 5.41) is 9.04. The van der Waals surface area contributed by atoms with E-state index in [0.29, 0.717) is 18.2 Å². The average molecular weight is 698 g/mol. The quantitative estimate of drug-likeness (QED) is 0.130. The first-order valence-corrected chi connectivity index (χ1v) is 18.5. The molecule has 53 heavy (non-hydrogen) atoms. The molecular weight excluding hydrogens is 667 g/mol. The fraction of sp³-hybridized carbons (Fsp3) is 0.0208. The molecule has 2 heterocycles. The first-order valence-electron chi connectivity index (χ1n) is 17.6. The van der Waals surface area contributed by atoms with E-state index in [2.05, 4.69) is 157 Å². The lowest BCUT2D eigenvalue weighted by Crippen LogP contribution is -2.06. The van der Waals surface area contributed by atoms with Gasteiger partial charge in [0.25, 0.3) is 0 Å². The maximum absolute atomic E-state index is 6.66. The van der Waals surface area contributed by atoms with Crippen LogP contribution in [0.25, 0.3) is 74.8 Å². The van der Waals surface area contributed by atoms with Crippen molar-refractivity contribution < 1.29 is 4.42 Å². The molecule has 250 valence electrons. The summed E-state index contributed by atoms with van der Waals surface area (Å²) < 4.78 is 9.08.